The molecule has 1 atom stereocenters. The molecule has 5 nitrogen and oxygen atoms in total. The molecule has 1 unspecified atom stereocenters. The fourth-order valence-electron chi connectivity index (χ4n) is 1.12. The minimum atomic E-state index is -1.24. The lowest BCUT2D eigenvalue weighted by atomic mass is 10.1. The number of amides is 1. The number of carboxylic acids is 1. The lowest BCUT2D eigenvalue weighted by Crippen LogP contribution is -2.32. The van der Waals surface area contributed by atoms with Gasteiger partial charge in [-0.3, -0.25) is 4.79 Å². The van der Waals surface area contributed by atoms with E-state index < -0.39 is 12.0 Å². The van der Waals surface area contributed by atoms with Crippen molar-refractivity contribution in [3.05, 3.63) is 24.2 Å². The van der Waals surface area contributed by atoms with Crippen molar-refractivity contribution in [2.45, 2.75) is 19.4 Å². The molecule has 0 aromatic carbocycles. The van der Waals surface area contributed by atoms with Crippen molar-refractivity contribution < 1.29 is 19.1 Å². The molecule has 0 bridgehead atoms. The molecule has 76 valence electrons. The third-order valence-corrected chi connectivity index (χ3v) is 1.63. The second kappa shape index (κ2) is 4.45. The van der Waals surface area contributed by atoms with Gasteiger partial charge in [0.25, 0.3) is 0 Å². The summed E-state index contributed by atoms with van der Waals surface area (Å²) >= 11 is 0. The van der Waals surface area contributed by atoms with Crippen LogP contribution in [0.25, 0.3) is 0 Å². The molecule has 5 heteroatoms. The Balaban J connectivity index is 2.71. The molecule has 0 saturated heterocycles. The molecule has 1 aromatic heterocycles. The van der Waals surface area contributed by atoms with E-state index in [2.05, 4.69) is 5.32 Å². The molecule has 1 rings (SSSR count). The average molecular weight is 196 g/mol. The fraction of sp³-hybridized carbons (Fsp3) is 0.333. The molecular weight excluding hydrogens is 186 g/mol. The summed E-state index contributed by atoms with van der Waals surface area (Å²) in [6, 6.07) is 2.57. The molecule has 14 heavy (non-hydrogen) atoms. The maximum atomic E-state index is 10.8. The van der Waals surface area contributed by atoms with Gasteiger partial charge in [-0.25, -0.2) is 0 Å². The summed E-state index contributed by atoms with van der Waals surface area (Å²) in [6.45, 7) is 1.31. The van der Waals surface area contributed by atoms with E-state index in [1.165, 1.54) is 13.2 Å². The van der Waals surface area contributed by atoms with E-state index >= 15 is 0 Å². The van der Waals surface area contributed by atoms with E-state index in [-0.39, 0.29) is 12.3 Å². The molecule has 0 spiro atoms. The maximum absolute atomic E-state index is 10.8. The number of carboxylic acid groups (broad SMARTS) is 1. The third kappa shape index (κ3) is 2.93. The molecule has 1 aromatic rings. The van der Waals surface area contributed by atoms with Crippen molar-refractivity contribution in [1.29, 1.82) is 0 Å². The highest BCUT2D eigenvalue weighted by Crippen LogP contribution is 2.16. The summed E-state index contributed by atoms with van der Waals surface area (Å²) in [5.41, 5.74) is 0. The number of hydrogen-bond donors (Lipinski definition) is 1. The number of hydrogen-bond acceptors (Lipinski definition) is 4. The highest BCUT2D eigenvalue weighted by molar-refractivity contribution is 5.74. The Hall–Kier alpha value is -1.78. The SMILES string of the molecule is CC(=O)NC(CC(=O)[O-])c1ccco1. The zero-order valence-corrected chi connectivity index (χ0v) is 7.65. The van der Waals surface area contributed by atoms with E-state index in [1.54, 1.807) is 12.1 Å². The minimum absolute atomic E-state index is 0.299. The van der Waals surface area contributed by atoms with Crippen LogP contribution >= 0.6 is 0 Å². The van der Waals surface area contributed by atoms with Crippen molar-refractivity contribution in [3.63, 3.8) is 0 Å². The monoisotopic (exact) mass is 196 g/mol. The first-order valence-corrected chi connectivity index (χ1v) is 4.10. The molecule has 0 radical (unpaired) electrons. The number of aliphatic carboxylic acids is 1. The maximum Gasteiger partial charge on any atom is 0.217 e. The van der Waals surface area contributed by atoms with Crippen LogP contribution in [0.15, 0.2) is 22.8 Å². The normalized spacial score (nSPS) is 12.1. The third-order valence-electron chi connectivity index (χ3n) is 1.63. The average Bonchev–Trinajstić information content (AvgIpc) is 2.52. The largest absolute Gasteiger partial charge is 0.550 e. The van der Waals surface area contributed by atoms with E-state index in [1.807, 2.05) is 0 Å². The number of furan rings is 1. The van der Waals surface area contributed by atoms with Gasteiger partial charge in [0.2, 0.25) is 5.91 Å². The standard InChI is InChI=1S/C9H11NO4/c1-6(11)10-7(5-9(12)13)8-3-2-4-14-8/h2-4,7H,5H2,1H3,(H,10,11)(H,12,13)/p-1. The molecule has 0 aliphatic heterocycles. The van der Waals surface area contributed by atoms with Crippen LogP contribution in [0.2, 0.25) is 0 Å². The predicted octanol–water partition coefficient (Wildman–Crippen LogP) is -0.403. The van der Waals surface area contributed by atoms with E-state index in [4.69, 9.17) is 4.42 Å². The lowest BCUT2D eigenvalue weighted by molar-refractivity contribution is -0.306. The fourth-order valence-corrected chi connectivity index (χ4v) is 1.12. The Morgan fingerprint density at radius 1 is 1.64 bits per heavy atom. The number of carbonyl (C=O) groups excluding carboxylic acids is 2. The number of carbonyl (C=O) groups is 2. The second-order valence-electron chi connectivity index (χ2n) is 2.84. The summed E-state index contributed by atoms with van der Waals surface area (Å²) in [6.07, 6.45) is 1.12. The summed E-state index contributed by atoms with van der Waals surface area (Å²) in [4.78, 5) is 21.1. The lowest BCUT2D eigenvalue weighted by Gasteiger charge is -2.15. The first kappa shape index (κ1) is 10.3. The zero-order valence-electron chi connectivity index (χ0n) is 7.65. The Bertz CT molecular complexity index is 302. The van der Waals surface area contributed by atoms with Crippen molar-refractivity contribution in [2.24, 2.45) is 0 Å². The van der Waals surface area contributed by atoms with Crippen LogP contribution in [-0.4, -0.2) is 11.9 Å². The zero-order chi connectivity index (χ0) is 10.6. The van der Waals surface area contributed by atoms with Crippen molar-refractivity contribution in [3.8, 4) is 0 Å². The molecule has 1 heterocycles. The van der Waals surface area contributed by atoms with Gasteiger partial charge in [0, 0.05) is 19.3 Å². The molecular formula is C9H10NO4-. The molecule has 1 amide bonds. The topological polar surface area (TPSA) is 82.4 Å². The van der Waals surface area contributed by atoms with Gasteiger partial charge in [0.05, 0.1) is 12.3 Å². The minimum Gasteiger partial charge on any atom is -0.550 e. The summed E-state index contributed by atoms with van der Waals surface area (Å²) in [7, 11) is 0. The van der Waals surface area contributed by atoms with Crippen molar-refractivity contribution in [2.75, 3.05) is 0 Å². The second-order valence-corrected chi connectivity index (χ2v) is 2.84. The van der Waals surface area contributed by atoms with Crippen LogP contribution in [0.5, 0.6) is 0 Å². The Morgan fingerprint density at radius 2 is 2.36 bits per heavy atom. The van der Waals surface area contributed by atoms with Crippen LogP contribution < -0.4 is 10.4 Å². The van der Waals surface area contributed by atoms with Crippen LogP contribution in [0.4, 0.5) is 0 Å². The molecule has 0 fully saturated rings. The Labute approximate surface area is 80.7 Å². The Morgan fingerprint density at radius 3 is 2.79 bits per heavy atom. The first-order chi connectivity index (χ1) is 6.59. The van der Waals surface area contributed by atoms with Crippen LogP contribution in [0, 0.1) is 0 Å². The van der Waals surface area contributed by atoms with E-state index in [0.29, 0.717) is 5.76 Å². The smallest absolute Gasteiger partial charge is 0.217 e. The van der Waals surface area contributed by atoms with E-state index in [9.17, 15) is 14.7 Å². The van der Waals surface area contributed by atoms with Gasteiger partial charge in [-0.05, 0) is 12.1 Å². The van der Waals surface area contributed by atoms with Gasteiger partial charge in [0.15, 0.2) is 0 Å². The first-order valence-electron chi connectivity index (χ1n) is 4.10. The van der Waals surface area contributed by atoms with Gasteiger partial charge < -0.3 is 19.6 Å². The molecule has 0 saturated carbocycles. The van der Waals surface area contributed by atoms with Gasteiger partial charge in [0.1, 0.15) is 5.76 Å². The van der Waals surface area contributed by atoms with Gasteiger partial charge in [-0.1, -0.05) is 0 Å². The van der Waals surface area contributed by atoms with Crippen molar-refractivity contribution >= 4 is 11.9 Å². The molecule has 0 aliphatic carbocycles. The van der Waals surface area contributed by atoms with Crippen LogP contribution in [0.1, 0.15) is 25.1 Å². The number of rotatable bonds is 4. The highest BCUT2D eigenvalue weighted by atomic mass is 16.4. The predicted molar refractivity (Wildman–Crippen MR) is 44.9 cm³/mol. The quantitative estimate of drug-likeness (QED) is 0.710. The van der Waals surface area contributed by atoms with Gasteiger partial charge in [-0.15, -0.1) is 0 Å². The Kier molecular flexibility index (Phi) is 3.28. The summed E-state index contributed by atoms with van der Waals surface area (Å²) in [5.74, 6) is -1.14. The van der Waals surface area contributed by atoms with Crippen molar-refractivity contribution in [1.82, 2.24) is 5.32 Å². The van der Waals surface area contributed by atoms with Crippen LogP contribution in [0.3, 0.4) is 0 Å². The summed E-state index contributed by atoms with van der Waals surface area (Å²) in [5, 5.41) is 12.8. The highest BCUT2D eigenvalue weighted by Gasteiger charge is 2.15. The van der Waals surface area contributed by atoms with E-state index in [0.717, 1.165) is 0 Å². The summed E-state index contributed by atoms with van der Waals surface area (Å²) < 4.78 is 4.99. The molecule has 0 aliphatic rings. The van der Waals surface area contributed by atoms with Gasteiger partial charge in [-0.2, -0.15) is 0 Å². The van der Waals surface area contributed by atoms with Gasteiger partial charge >= 0.3 is 0 Å². The van der Waals surface area contributed by atoms with Crippen LogP contribution in [-0.2, 0) is 9.59 Å². The molecule has 1 N–H and O–H groups in total. The number of nitrogens with one attached hydrogen (secondary N) is 1.